The van der Waals surface area contributed by atoms with Crippen LogP contribution in [0, 0.1) is 12.7 Å². The zero-order chi connectivity index (χ0) is 21.0. The molecule has 29 heavy (non-hydrogen) atoms. The number of rotatable bonds is 6. The first-order valence-electron chi connectivity index (χ1n) is 10.0. The highest BCUT2D eigenvalue weighted by molar-refractivity contribution is 5.42. The molecular weight excluding hydrogens is 384 g/mol. The van der Waals surface area contributed by atoms with Crippen molar-refractivity contribution >= 4 is 0 Å². The molecule has 2 unspecified atom stereocenters. The predicted molar refractivity (Wildman–Crippen MR) is 104 cm³/mol. The fraction of sp³-hybridized carbons (Fsp3) is 0.478. The summed E-state index contributed by atoms with van der Waals surface area (Å²) >= 11 is 0. The highest BCUT2D eigenvalue weighted by Crippen LogP contribution is 2.43. The molecule has 0 N–H and O–H groups in total. The third-order valence-electron chi connectivity index (χ3n) is 5.34. The number of aryl methyl sites for hydroxylation is 1. The summed E-state index contributed by atoms with van der Waals surface area (Å²) in [5, 5.41) is 0. The van der Waals surface area contributed by atoms with Crippen LogP contribution in [0.2, 0.25) is 0 Å². The number of unbranched alkanes of at least 4 members (excludes halogenated alkanes) is 1. The lowest BCUT2D eigenvalue weighted by atomic mass is 9.88. The van der Waals surface area contributed by atoms with Crippen LogP contribution < -0.4 is 4.74 Å². The van der Waals surface area contributed by atoms with E-state index >= 15 is 0 Å². The first-order chi connectivity index (χ1) is 13.8. The van der Waals surface area contributed by atoms with Crippen LogP contribution in [0.4, 0.5) is 17.6 Å². The highest BCUT2D eigenvalue weighted by atomic mass is 19.4. The molecule has 0 aliphatic carbocycles. The van der Waals surface area contributed by atoms with Gasteiger partial charge in [0.25, 0.3) is 0 Å². The summed E-state index contributed by atoms with van der Waals surface area (Å²) in [6, 6.07) is 10.6. The Hall–Kier alpha value is -2.08. The van der Waals surface area contributed by atoms with Gasteiger partial charge in [-0.05, 0) is 43.4 Å². The van der Waals surface area contributed by atoms with Crippen LogP contribution in [-0.2, 0) is 10.9 Å². The van der Waals surface area contributed by atoms with Gasteiger partial charge in [0.05, 0.1) is 19.3 Å². The van der Waals surface area contributed by atoms with Gasteiger partial charge in [-0.2, -0.15) is 13.2 Å². The summed E-state index contributed by atoms with van der Waals surface area (Å²) in [5.41, 5.74) is 0.907. The molecule has 1 heterocycles. The van der Waals surface area contributed by atoms with Crippen LogP contribution in [0.25, 0.3) is 0 Å². The molecule has 0 bridgehead atoms. The zero-order valence-electron chi connectivity index (χ0n) is 16.7. The molecule has 2 aromatic carbocycles. The van der Waals surface area contributed by atoms with E-state index in [1.165, 1.54) is 12.1 Å². The van der Waals surface area contributed by atoms with Gasteiger partial charge in [0, 0.05) is 5.92 Å². The normalized spacial score (nSPS) is 19.9. The smallest absolute Gasteiger partial charge is 0.422 e. The second-order valence-corrected chi connectivity index (χ2v) is 7.55. The van der Waals surface area contributed by atoms with Crippen molar-refractivity contribution in [3.8, 4) is 5.75 Å². The lowest BCUT2D eigenvalue weighted by Crippen LogP contribution is -2.22. The Bertz CT molecular complexity index is 807. The maximum absolute atomic E-state index is 14.9. The third kappa shape index (κ3) is 5.10. The second-order valence-electron chi connectivity index (χ2n) is 7.55. The number of hydrogen-bond donors (Lipinski definition) is 0. The van der Waals surface area contributed by atoms with Crippen molar-refractivity contribution in [2.75, 3.05) is 13.2 Å². The summed E-state index contributed by atoms with van der Waals surface area (Å²) < 4.78 is 66.6. The van der Waals surface area contributed by atoms with Gasteiger partial charge in [-0.15, -0.1) is 0 Å². The van der Waals surface area contributed by atoms with E-state index in [1.54, 1.807) is 0 Å². The molecule has 6 heteroatoms. The standard InChI is InChI=1S/C23H26F4O2/c1-3-4-13-28-20-12-10-18(22(24)21(20)23(25,26)27)17-9-11-19(29-14-17)16-7-5-15(2)6-8-16/h5-8,10,12,17,19H,3-4,9,11,13-14H2,1-2H3. The zero-order valence-corrected chi connectivity index (χ0v) is 16.7. The molecule has 2 aromatic rings. The van der Waals surface area contributed by atoms with Crippen molar-refractivity contribution in [2.24, 2.45) is 0 Å². The Balaban J connectivity index is 1.78. The SMILES string of the molecule is CCCCOc1ccc(C2CCC(c3ccc(C)cc3)OC2)c(F)c1C(F)(F)F. The lowest BCUT2D eigenvalue weighted by molar-refractivity contribution is -0.141. The van der Waals surface area contributed by atoms with Crippen molar-refractivity contribution in [2.45, 2.75) is 57.7 Å². The number of ether oxygens (including phenoxy) is 2. The van der Waals surface area contributed by atoms with Crippen LogP contribution in [0.3, 0.4) is 0 Å². The minimum atomic E-state index is -4.82. The Labute approximate surface area is 168 Å². The molecule has 158 valence electrons. The summed E-state index contributed by atoms with van der Waals surface area (Å²) in [7, 11) is 0. The number of benzene rings is 2. The largest absolute Gasteiger partial charge is 0.493 e. The van der Waals surface area contributed by atoms with Gasteiger partial charge >= 0.3 is 6.18 Å². The Morgan fingerprint density at radius 3 is 2.38 bits per heavy atom. The molecular formula is C23H26F4O2. The molecule has 2 atom stereocenters. The van der Waals surface area contributed by atoms with Crippen LogP contribution in [0.1, 0.15) is 66.9 Å². The van der Waals surface area contributed by atoms with E-state index in [2.05, 4.69) is 0 Å². The molecule has 0 aromatic heterocycles. The summed E-state index contributed by atoms with van der Waals surface area (Å²) in [6.07, 6.45) is -2.36. The predicted octanol–water partition coefficient (Wildman–Crippen LogP) is 6.97. The van der Waals surface area contributed by atoms with Gasteiger partial charge in [0.2, 0.25) is 0 Å². The van der Waals surface area contributed by atoms with Crippen LogP contribution in [-0.4, -0.2) is 13.2 Å². The van der Waals surface area contributed by atoms with Crippen molar-refractivity contribution < 1.29 is 27.0 Å². The van der Waals surface area contributed by atoms with Gasteiger partial charge < -0.3 is 9.47 Å². The first-order valence-corrected chi connectivity index (χ1v) is 10.0. The lowest BCUT2D eigenvalue weighted by Gasteiger charge is -2.30. The van der Waals surface area contributed by atoms with E-state index in [0.717, 1.165) is 17.5 Å². The van der Waals surface area contributed by atoms with Gasteiger partial charge in [-0.25, -0.2) is 4.39 Å². The first kappa shape index (κ1) is 21.6. The molecule has 3 rings (SSSR count). The summed E-state index contributed by atoms with van der Waals surface area (Å²) in [6.45, 7) is 4.22. The maximum Gasteiger partial charge on any atom is 0.422 e. The van der Waals surface area contributed by atoms with E-state index in [9.17, 15) is 17.6 Å². The number of halogens is 4. The minimum Gasteiger partial charge on any atom is -0.493 e. The fourth-order valence-electron chi connectivity index (χ4n) is 3.64. The average Bonchev–Trinajstić information content (AvgIpc) is 2.68. The monoisotopic (exact) mass is 410 g/mol. The topological polar surface area (TPSA) is 18.5 Å². The van der Waals surface area contributed by atoms with Gasteiger partial charge in [0.15, 0.2) is 0 Å². The molecule has 1 aliphatic rings. The molecule has 0 saturated carbocycles. The van der Waals surface area contributed by atoms with Crippen LogP contribution in [0.15, 0.2) is 36.4 Å². The van der Waals surface area contributed by atoms with Gasteiger partial charge in [0.1, 0.15) is 17.1 Å². The van der Waals surface area contributed by atoms with E-state index in [1.807, 2.05) is 38.1 Å². The average molecular weight is 410 g/mol. The van der Waals surface area contributed by atoms with Crippen molar-refractivity contribution in [1.29, 1.82) is 0 Å². The van der Waals surface area contributed by atoms with Crippen molar-refractivity contribution in [3.05, 3.63) is 64.5 Å². The minimum absolute atomic E-state index is 0.0440. The fourth-order valence-corrected chi connectivity index (χ4v) is 3.64. The van der Waals surface area contributed by atoms with E-state index in [0.29, 0.717) is 19.3 Å². The van der Waals surface area contributed by atoms with Crippen molar-refractivity contribution in [1.82, 2.24) is 0 Å². The van der Waals surface area contributed by atoms with Gasteiger partial charge in [-0.3, -0.25) is 0 Å². The second kappa shape index (κ2) is 9.16. The molecule has 0 radical (unpaired) electrons. The quantitative estimate of drug-likeness (QED) is 0.378. The van der Waals surface area contributed by atoms with E-state index in [4.69, 9.17) is 9.47 Å². The molecule has 1 aliphatic heterocycles. The van der Waals surface area contributed by atoms with Crippen LogP contribution in [0.5, 0.6) is 5.75 Å². The number of alkyl halides is 3. The molecule has 1 saturated heterocycles. The summed E-state index contributed by atoms with van der Waals surface area (Å²) in [5.74, 6) is -2.10. The van der Waals surface area contributed by atoms with Gasteiger partial charge in [-0.1, -0.05) is 49.2 Å². The molecule has 1 fully saturated rings. The highest BCUT2D eigenvalue weighted by Gasteiger charge is 2.40. The summed E-state index contributed by atoms with van der Waals surface area (Å²) in [4.78, 5) is 0. The number of hydrogen-bond acceptors (Lipinski definition) is 2. The Morgan fingerprint density at radius 1 is 1.07 bits per heavy atom. The van der Waals surface area contributed by atoms with E-state index in [-0.39, 0.29) is 24.9 Å². The van der Waals surface area contributed by atoms with E-state index < -0.39 is 29.2 Å². The Morgan fingerprint density at radius 2 is 1.79 bits per heavy atom. The van der Waals surface area contributed by atoms with Crippen molar-refractivity contribution in [3.63, 3.8) is 0 Å². The van der Waals surface area contributed by atoms with Crippen LogP contribution >= 0.6 is 0 Å². The Kier molecular flexibility index (Phi) is 6.83. The maximum atomic E-state index is 14.9. The third-order valence-corrected chi connectivity index (χ3v) is 5.34. The molecule has 0 amide bonds. The molecule has 2 nitrogen and oxygen atoms in total. The molecule has 0 spiro atoms.